The zero-order valence-corrected chi connectivity index (χ0v) is 13.3. The van der Waals surface area contributed by atoms with Crippen molar-refractivity contribution >= 4 is 28.0 Å². The fourth-order valence-corrected chi connectivity index (χ4v) is 3.37. The Balaban J connectivity index is 2.02. The lowest BCUT2D eigenvalue weighted by atomic mass is 10.0. The predicted molar refractivity (Wildman–Crippen MR) is 92.2 cm³/mol. The van der Waals surface area contributed by atoms with Crippen molar-refractivity contribution in [2.75, 3.05) is 19.7 Å². The van der Waals surface area contributed by atoms with Gasteiger partial charge >= 0.3 is 0 Å². The monoisotopic (exact) mass is 299 g/mol. The molecule has 0 aliphatic carbocycles. The van der Waals surface area contributed by atoms with Gasteiger partial charge in [-0.2, -0.15) is 0 Å². The molecule has 0 atom stereocenters. The Labute approximate surface area is 131 Å². The smallest absolute Gasteiger partial charge is 0.127 e. The third kappa shape index (κ3) is 2.88. The fraction of sp³-hybridized carbons (Fsp3) is 0.389. The van der Waals surface area contributed by atoms with Crippen molar-refractivity contribution < 1.29 is 4.74 Å². The Bertz CT molecular complexity index is 647. The van der Waals surface area contributed by atoms with E-state index in [0.717, 1.165) is 34.8 Å². The minimum atomic E-state index is 0.680. The van der Waals surface area contributed by atoms with Crippen LogP contribution in [0.15, 0.2) is 36.4 Å². The average Bonchev–Trinajstić information content (AvgIpc) is 2.56. The maximum Gasteiger partial charge on any atom is 0.127 e. The van der Waals surface area contributed by atoms with Gasteiger partial charge in [0, 0.05) is 24.0 Å². The largest absolute Gasteiger partial charge is 0.493 e. The average molecular weight is 299 g/mol. The van der Waals surface area contributed by atoms with Crippen LogP contribution in [0.5, 0.6) is 5.75 Å². The number of thiocarbonyl (C=S) groups is 1. The molecule has 0 N–H and O–H groups in total. The van der Waals surface area contributed by atoms with E-state index in [1.165, 1.54) is 24.6 Å². The van der Waals surface area contributed by atoms with E-state index in [4.69, 9.17) is 17.0 Å². The molecule has 1 aliphatic heterocycles. The maximum absolute atomic E-state index is 5.76. The molecule has 1 aliphatic rings. The highest BCUT2D eigenvalue weighted by Crippen LogP contribution is 2.30. The van der Waals surface area contributed by atoms with Crippen LogP contribution in [0, 0.1) is 0 Å². The molecule has 0 unspecified atom stereocenters. The summed E-state index contributed by atoms with van der Waals surface area (Å²) in [4.78, 5) is 3.33. The summed E-state index contributed by atoms with van der Waals surface area (Å²) in [5, 5.41) is 2.34. The van der Waals surface area contributed by atoms with Crippen LogP contribution in [-0.4, -0.2) is 29.6 Å². The van der Waals surface area contributed by atoms with Crippen LogP contribution >= 0.6 is 12.2 Å². The van der Waals surface area contributed by atoms with Crippen molar-refractivity contribution in [3.05, 3.63) is 42.0 Å². The van der Waals surface area contributed by atoms with Gasteiger partial charge in [-0.25, -0.2) is 0 Å². The number of benzene rings is 2. The lowest BCUT2D eigenvalue weighted by Crippen LogP contribution is -2.35. The molecule has 110 valence electrons. The molecule has 1 fully saturated rings. The normalized spacial score (nSPS) is 15.2. The first-order valence-corrected chi connectivity index (χ1v) is 8.16. The van der Waals surface area contributed by atoms with Gasteiger partial charge in [-0.3, -0.25) is 0 Å². The summed E-state index contributed by atoms with van der Waals surface area (Å²) in [5.41, 5.74) is 1.16. The Morgan fingerprint density at radius 2 is 1.76 bits per heavy atom. The van der Waals surface area contributed by atoms with Gasteiger partial charge in [0.15, 0.2) is 0 Å². The van der Waals surface area contributed by atoms with E-state index >= 15 is 0 Å². The molecule has 0 radical (unpaired) electrons. The Kier molecular flexibility index (Phi) is 4.39. The lowest BCUT2D eigenvalue weighted by molar-refractivity contribution is 0.344. The van der Waals surface area contributed by atoms with E-state index in [9.17, 15) is 0 Å². The Morgan fingerprint density at radius 1 is 1.05 bits per heavy atom. The van der Waals surface area contributed by atoms with Crippen molar-refractivity contribution in [2.24, 2.45) is 0 Å². The number of nitrogens with zero attached hydrogens (tertiary/aromatic N) is 1. The zero-order chi connectivity index (χ0) is 14.7. The van der Waals surface area contributed by atoms with Gasteiger partial charge in [-0.1, -0.05) is 36.5 Å². The van der Waals surface area contributed by atoms with Gasteiger partial charge in [0.05, 0.1) is 6.61 Å². The van der Waals surface area contributed by atoms with Crippen molar-refractivity contribution in [3.8, 4) is 5.75 Å². The zero-order valence-electron chi connectivity index (χ0n) is 12.5. The molecule has 1 saturated heterocycles. The van der Waals surface area contributed by atoms with Gasteiger partial charge in [0.1, 0.15) is 10.7 Å². The lowest BCUT2D eigenvalue weighted by Gasteiger charge is -2.29. The maximum atomic E-state index is 5.76. The second-order valence-corrected chi connectivity index (χ2v) is 5.83. The molecule has 0 amide bonds. The molecule has 0 saturated carbocycles. The van der Waals surface area contributed by atoms with Gasteiger partial charge in [-0.15, -0.1) is 0 Å². The standard InChI is InChI=1S/C18H21NOS/c1-2-20-17-11-10-16(14-8-4-5-9-15(14)17)18(21)19-12-6-3-7-13-19/h4-5,8-11H,2-3,6-7,12-13H2,1H3. The van der Waals surface area contributed by atoms with Gasteiger partial charge in [-0.05, 0) is 43.7 Å². The molecule has 0 bridgehead atoms. The van der Waals surface area contributed by atoms with Gasteiger partial charge in [0.25, 0.3) is 0 Å². The predicted octanol–water partition coefficient (Wildman–Crippen LogP) is 4.40. The molecule has 2 aromatic carbocycles. The molecule has 2 aromatic rings. The second-order valence-electron chi connectivity index (χ2n) is 5.44. The summed E-state index contributed by atoms with van der Waals surface area (Å²) in [7, 11) is 0. The molecule has 21 heavy (non-hydrogen) atoms. The summed E-state index contributed by atoms with van der Waals surface area (Å²) in [6, 6.07) is 12.5. The van der Waals surface area contributed by atoms with E-state index in [0.29, 0.717) is 6.61 Å². The Morgan fingerprint density at radius 3 is 2.48 bits per heavy atom. The SMILES string of the molecule is CCOc1ccc(C(=S)N2CCCCC2)c2ccccc12. The van der Waals surface area contributed by atoms with Crippen LogP contribution in [0.25, 0.3) is 10.8 Å². The summed E-state index contributed by atoms with van der Waals surface area (Å²) in [6.07, 6.45) is 3.81. The highest BCUT2D eigenvalue weighted by atomic mass is 32.1. The van der Waals surface area contributed by atoms with E-state index in [2.05, 4.69) is 41.3 Å². The summed E-state index contributed by atoms with van der Waals surface area (Å²) in [5.74, 6) is 0.943. The van der Waals surface area contributed by atoms with E-state index in [-0.39, 0.29) is 0 Å². The van der Waals surface area contributed by atoms with Gasteiger partial charge < -0.3 is 9.64 Å². The molecular weight excluding hydrogens is 278 g/mol. The summed E-state index contributed by atoms with van der Waals surface area (Å²) < 4.78 is 5.74. The minimum absolute atomic E-state index is 0.680. The summed E-state index contributed by atoms with van der Waals surface area (Å²) in [6.45, 7) is 4.86. The van der Waals surface area contributed by atoms with Crippen molar-refractivity contribution in [2.45, 2.75) is 26.2 Å². The van der Waals surface area contributed by atoms with Crippen LogP contribution in [0.3, 0.4) is 0 Å². The third-order valence-electron chi connectivity index (χ3n) is 4.06. The highest BCUT2D eigenvalue weighted by Gasteiger charge is 2.17. The van der Waals surface area contributed by atoms with Crippen LogP contribution < -0.4 is 4.74 Å². The van der Waals surface area contributed by atoms with E-state index in [1.807, 2.05) is 6.92 Å². The number of rotatable bonds is 3. The molecule has 0 aromatic heterocycles. The van der Waals surface area contributed by atoms with Crippen molar-refractivity contribution in [3.63, 3.8) is 0 Å². The van der Waals surface area contributed by atoms with E-state index in [1.54, 1.807) is 0 Å². The summed E-state index contributed by atoms with van der Waals surface area (Å²) >= 11 is 5.76. The first-order chi connectivity index (χ1) is 10.3. The number of piperidine rings is 1. The minimum Gasteiger partial charge on any atom is -0.493 e. The Hall–Kier alpha value is -1.61. The molecule has 3 rings (SSSR count). The molecule has 2 nitrogen and oxygen atoms in total. The molecular formula is C18H21NOS. The highest BCUT2D eigenvalue weighted by molar-refractivity contribution is 7.80. The molecule has 0 spiro atoms. The van der Waals surface area contributed by atoms with Gasteiger partial charge in [0.2, 0.25) is 0 Å². The fourth-order valence-electron chi connectivity index (χ4n) is 3.01. The number of hydrogen-bond acceptors (Lipinski definition) is 2. The quantitative estimate of drug-likeness (QED) is 0.779. The first kappa shape index (κ1) is 14.3. The van der Waals surface area contributed by atoms with Crippen LogP contribution in [-0.2, 0) is 0 Å². The number of hydrogen-bond donors (Lipinski definition) is 0. The van der Waals surface area contributed by atoms with Crippen molar-refractivity contribution in [1.29, 1.82) is 0 Å². The van der Waals surface area contributed by atoms with Crippen LogP contribution in [0.2, 0.25) is 0 Å². The molecule has 3 heteroatoms. The number of fused-ring (bicyclic) bond motifs is 1. The topological polar surface area (TPSA) is 12.5 Å². The van der Waals surface area contributed by atoms with Crippen molar-refractivity contribution in [1.82, 2.24) is 4.90 Å². The third-order valence-corrected chi connectivity index (χ3v) is 4.54. The number of likely N-dealkylation sites (tertiary alicyclic amines) is 1. The van der Waals surface area contributed by atoms with Crippen LogP contribution in [0.4, 0.5) is 0 Å². The van der Waals surface area contributed by atoms with E-state index < -0.39 is 0 Å². The van der Waals surface area contributed by atoms with Crippen LogP contribution in [0.1, 0.15) is 31.7 Å². The molecule has 1 heterocycles. The number of ether oxygens (including phenoxy) is 1. The second kappa shape index (κ2) is 6.44. The first-order valence-electron chi connectivity index (χ1n) is 7.75.